The Hall–Kier alpha value is -1.11. The molecule has 2 rings (SSSR count). The molecule has 0 aliphatic carbocycles. The largest absolute Gasteiger partial charge is 0.398 e. The van der Waals surface area contributed by atoms with Crippen LogP contribution in [0.5, 0.6) is 0 Å². The summed E-state index contributed by atoms with van der Waals surface area (Å²) < 4.78 is 6.29. The van der Waals surface area contributed by atoms with Crippen molar-refractivity contribution >= 4 is 27.5 Å². The number of rotatable bonds is 4. The number of nitrogen functional groups attached to an aromatic ring is 1. The van der Waals surface area contributed by atoms with Crippen molar-refractivity contribution in [1.82, 2.24) is 10.2 Å². The van der Waals surface area contributed by atoms with Crippen LogP contribution in [0.25, 0.3) is 0 Å². The first-order chi connectivity index (χ1) is 9.61. The van der Waals surface area contributed by atoms with Gasteiger partial charge in [-0.15, -0.1) is 0 Å². The summed E-state index contributed by atoms with van der Waals surface area (Å²) in [5.41, 5.74) is 6.88. The first kappa shape index (κ1) is 15.3. The zero-order valence-electron chi connectivity index (χ0n) is 11.6. The molecule has 0 saturated carbocycles. The molecule has 5 nitrogen and oxygen atoms in total. The number of hydrogen-bond donors (Lipinski definition) is 2. The van der Waals surface area contributed by atoms with Crippen molar-refractivity contribution in [3.05, 3.63) is 28.2 Å². The number of amides is 1. The average molecular weight is 342 g/mol. The minimum Gasteiger partial charge on any atom is -0.398 e. The standard InChI is InChI=1S/C14H20BrN3O2/c1-2-18-6-7-20-10(9-18)8-17-14(19)11-4-3-5-12(16)13(11)15/h3-5,10H,2,6-9,16H2,1H3,(H,17,19). The molecule has 0 spiro atoms. The summed E-state index contributed by atoms with van der Waals surface area (Å²) in [5.74, 6) is -0.138. The van der Waals surface area contributed by atoms with Crippen LogP contribution in [-0.2, 0) is 4.74 Å². The van der Waals surface area contributed by atoms with Crippen molar-refractivity contribution in [3.8, 4) is 0 Å². The van der Waals surface area contributed by atoms with Gasteiger partial charge >= 0.3 is 0 Å². The second-order valence-corrected chi connectivity index (χ2v) is 5.60. The summed E-state index contributed by atoms with van der Waals surface area (Å²) >= 11 is 3.34. The maximum absolute atomic E-state index is 12.1. The van der Waals surface area contributed by atoms with Gasteiger partial charge in [0, 0.05) is 25.3 Å². The van der Waals surface area contributed by atoms with E-state index in [2.05, 4.69) is 33.1 Å². The summed E-state index contributed by atoms with van der Waals surface area (Å²) in [5, 5.41) is 2.91. The van der Waals surface area contributed by atoms with Gasteiger partial charge in [-0.3, -0.25) is 9.69 Å². The Morgan fingerprint density at radius 1 is 1.60 bits per heavy atom. The highest BCUT2D eigenvalue weighted by Gasteiger charge is 2.20. The third-order valence-electron chi connectivity index (χ3n) is 3.43. The van der Waals surface area contributed by atoms with Crippen molar-refractivity contribution < 1.29 is 9.53 Å². The van der Waals surface area contributed by atoms with E-state index in [0.717, 1.165) is 26.2 Å². The molecule has 3 N–H and O–H groups in total. The first-order valence-electron chi connectivity index (χ1n) is 6.78. The van der Waals surface area contributed by atoms with Crippen molar-refractivity contribution in [2.24, 2.45) is 0 Å². The molecule has 110 valence electrons. The molecule has 1 atom stereocenters. The number of nitrogens with two attached hydrogens (primary N) is 1. The minimum absolute atomic E-state index is 0.0486. The molecule has 1 unspecified atom stereocenters. The van der Waals surface area contributed by atoms with Gasteiger partial charge in [-0.05, 0) is 34.6 Å². The van der Waals surface area contributed by atoms with Gasteiger partial charge in [-0.2, -0.15) is 0 Å². The molecule has 1 fully saturated rings. The van der Waals surface area contributed by atoms with Crippen LogP contribution in [0, 0.1) is 0 Å². The van der Waals surface area contributed by atoms with E-state index in [1.165, 1.54) is 0 Å². The third kappa shape index (κ3) is 3.71. The molecule has 1 aliphatic heterocycles. The quantitative estimate of drug-likeness (QED) is 0.814. The molecule has 1 heterocycles. The number of likely N-dealkylation sites (N-methyl/N-ethyl adjacent to an activating group) is 1. The minimum atomic E-state index is -0.138. The van der Waals surface area contributed by atoms with Gasteiger partial charge in [0.1, 0.15) is 0 Å². The molecule has 6 heteroatoms. The summed E-state index contributed by atoms with van der Waals surface area (Å²) in [6, 6.07) is 5.27. The second-order valence-electron chi connectivity index (χ2n) is 4.80. The van der Waals surface area contributed by atoms with E-state index < -0.39 is 0 Å². The lowest BCUT2D eigenvalue weighted by Crippen LogP contribution is -2.47. The van der Waals surface area contributed by atoms with Crippen LogP contribution in [-0.4, -0.2) is 49.7 Å². The number of benzene rings is 1. The van der Waals surface area contributed by atoms with Gasteiger partial charge in [0.05, 0.1) is 22.7 Å². The number of nitrogens with one attached hydrogen (secondary N) is 1. The van der Waals surface area contributed by atoms with Crippen LogP contribution in [0.3, 0.4) is 0 Å². The van der Waals surface area contributed by atoms with Gasteiger partial charge in [-0.1, -0.05) is 13.0 Å². The Morgan fingerprint density at radius 2 is 2.40 bits per heavy atom. The van der Waals surface area contributed by atoms with E-state index in [1.54, 1.807) is 18.2 Å². The van der Waals surface area contributed by atoms with Crippen molar-refractivity contribution in [1.29, 1.82) is 0 Å². The predicted molar refractivity (Wildman–Crippen MR) is 82.7 cm³/mol. The predicted octanol–water partition coefficient (Wildman–Crippen LogP) is 1.48. The fourth-order valence-electron chi connectivity index (χ4n) is 2.22. The second kappa shape index (κ2) is 7.06. The van der Waals surface area contributed by atoms with Crippen LogP contribution in [0.2, 0.25) is 0 Å². The van der Waals surface area contributed by atoms with Crippen LogP contribution in [0.4, 0.5) is 5.69 Å². The Bertz CT molecular complexity index is 481. The molecule has 1 amide bonds. The summed E-state index contributed by atoms with van der Waals surface area (Å²) in [7, 11) is 0. The van der Waals surface area contributed by atoms with Crippen LogP contribution in [0.15, 0.2) is 22.7 Å². The molecule has 0 aromatic heterocycles. The van der Waals surface area contributed by atoms with Crippen LogP contribution < -0.4 is 11.1 Å². The van der Waals surface area contributed by atoms with E-state index in [1.807, 2.05) is 0 Å². The molecule has 1 aliphatic rings. The van der Waals surface area contributed by atoms with Gasteiger partial charge < -0.3 is 15.8 Å². The van der Waals surface area contributed by atoms with Crippen LogP contribution in [0.1, 0.15) is 17.3 Å². The summed E-state index contributed by atoms with van der Waals surface area (Å²) in [4.78, 5) is 14.5. The van der Waals surface area contributed by atoms with E-state index in [9.17, 15) is 4.79 Å². The molecule has 0 radical (unpaired) electrons. The molecular formula is C14H20BrN3O2. The topological polar surface area (TPSA) is 67.6 Å². The number of morpholine rings is 1. The fourth-order valence-corrected chi connectivity index (χ4v) is 2.66. The highest BCUT2D eigenvalue weighted by atomic mass is 79.9. The number of halogens is 1. The highest BCUT2D eigenvalue weighted by molar-refractivity contribution is 9.10. The Kier molecular flexibility index (Phi) is 5.39. The number of ether oxygens (including phenoxy) is 1. The number of anilines is 1. The molecule has 0 bridgehead atoms. The zero-order valence-corrected chi connectivity index (χ0v) is 13.1. The van der Waals surface area contributed by atoms with Gasteiger partial charge in [-0.25, -0.2) is 0 Å². The lowest BCUT2D eigenvalue weighted by Gasteiger charge is -2.32. The van der Waals surface area contributed by atoms with E-state index in [-0.39, 0.29) is 12.0 Å². The summed E-state index contributed by atoms with van der Waals surface area (Å²) in [6.07, 6.45) is 0.0486. The Labute approximate surface area is 127 Å². The smallest absolute Gasteiger partial charge is 0.252 e. The maximum Gasteiger partial charge on any atom is 0.252 e. The average Bonchev–Trinajstić information content (AvgIpc) is 2.48. The SMILES string of the molecule is CCN1CCOC(CNC(=O)c2cccc(N)c2Br)C1. The van der Waals surface area contributed by atoms with Gasteiger partial charge in [0.15, 0.2) is 0 Å². The van der Waals surface area contributed by atoms with Crippen LogP contribution >= 0.6 is 15.9 Å². The highest BCUT2D eigenvalue weighted by Crippen LogP contribution is 2.23. The normalized spacial score (nSPS) is 19.8. The maximum atomic E-state index is 12.1. The molecule has 1 aromatic carbocycles. The number of nitrogens with zero attached hydrogens (tertiary/aromatic N) is 1. The lowest BCUT2D eigenvalue weighted by molar-refractivity contribution is -0.0246. The number of carbonyl (C=O) groups excluding carboxylic acids is 1. The molecule has 1 aromatic rings. The van der Waals surface area contributed by atoms with Crippen molar-refractivity contribution in [2.45, 2.75) is 13.0 Å². The van der Waals surface area contributed by atoms with Crippen molar-refractivity contribution in [2.75, 3.05) is 38.5 Å². The molecule has 20 heavy (non-hydrogen) atoms. The van der Waals surface area contributed by atoms with E-state index in [4.69, 9.17) is 10.5 Å². The fraction of sp³-hybridized carbons (Fsp3) is 0.500. The third-order valence-corrected chi connectivity index (χ3v) is 4.32. The van der Waals surface area contributed by atoms with Gasteiger partial charge in [0.25, 0.3) is 5.91 Å². The Morgan fingerprint density at radius 3 is 3.15 bits per heavy atom. The van der Waals surface area contributed by atoms with E-state index >= 15 is 0 Å². The summed E-state index contributed by atoms with van der Waals surface area (Å²) in [6.45, 7) is 6.18. The number of carbonyl (C=O) groups is 1. The zero-order chi connectivity index (χ0) is 14.5. The molecular weight excluding hydrogens is 322 g/mol. The van der Waals surface area contributed by atoms with E-state index in [0.29, 0.717) is 22.3 Å². The molecule has 1 saturated heterocycles. The van der Waals surface area contributed by atoms with Crippen molar-refractivity contribution in [3.63, 3.8) is 0 Å². The number of hydrogen-bond acceptors (Lipinski definition) is 4. The van der Waals surface area contributed by atoms with Gasteiger partial charge in [0.2, 0.25) is 0 Å². The lowest BCUT2D eigenvalue weighted by atomic mass is 10.2. The Balaban J connectivity index is 1.90. The first-order valence-corrected chi connectivity index (χ1v) is 7.57. The monoisotopic (exact) mass is 341 g/mol.